The molecule has 1 aromatic rings. The summed E-state index contributed by atoms with van der Waals surface area (Å²) in [5.74, 6) is 1.000. The van der Waals surface area contributed by atoms with Crippen molar-refractivity contribution in [1.82, 2.24) is 9.80 Å². The number of rotatable bonds is 6. The average Bonchev–Trinajstić information content (AvgIpc) is 3.22. The first-order valence-electron chi connectivity index (χ1n) is 11.3. The van der Waals surface area contributed by atoms with Gasteiger partial charge >= 0.3 is 0 Å². The van der Waals surface area contributed by atoms with Gasteiger partial charge in [-0.2, -0.15) is 0 Å². The van der Waals surface area contributed by atoms with Gasteiger partial charge in [0, 0.05) is 31.7 Å². The second kappa shape index (κ2) is 8.16. The lowest BCUT2D eigenvalue weighted by molar-refractivity contribution is -0.147. The van der Waals surface area contributed by atoms with Crippen molar-refractivity contribution in [3.63, 3.8) is 0 Å². The maximum atomic E-state index is 13.8. The third-order valence-corrected chi connectivity index (χ3v) is 7.43. The Bertz CT molecular complexity index is 668. The van der Waals surface area contributed by atoms with E-state index in [1.807, 2.05) is 0 Å². The van der Waals surface area contributed by atoms with Crippen molar-refractivity contribution in [3.8, 4) is 0 Å². The van der Waals surface area contributed by atoms with Gasteiger partial charge in [-0.1, -0.05) is 44.2 Å². The minimum absolute atomic E-state index is 0.218. The molecule has 3 heterocycles. The molecule has 4 rings (SSSR count). The summed E-state index contributed by atoms with van der Waals surface area (Å²) < 4.78 is 0. The number of nitrogens with zero attached hydrogens (tertiary/aromatic N) is 2. The average molecular weight is 385 g/mol. The van der Waals surface area contributed by atoms with Crippen LogP contribution in [0.4, 0.5) is 0 Å². The number of carbonyl (C=O) groups is 1. The summed E-state index contributed by atoms with van der Waals surface area (Å²) in [5.41, 5.74) is 1.14. The zero-order chi connectivity index (χ0) is 19.7. The molecule has 1 N–H and O–H groups in total. The Morgan fingerprint density at radius 2 is 1.86 bits per heavy atom. The fraction of sp³-hybridized carbons (Fsp3) is 0.708. The van der Waals surface area contributed by atoms with Gasteiger partial charge in [0.1, 0.15) is 0 Å². The van der Waals surface area contributed by atoms with E-state index in [9.17, 15) is 9.90 Å². The van der Waals surface area contributed by atoms with Crippen LogP contribution in [0.1, 0.15) is 64.4 Å². The van der Waals surface area contributed by atoms with Crippen LogP contribution in [0, 0.1) is 11.3 Å². The van der Waals surface area contributed by atoms with Gasteiger partial charge in [0.15, 0.2) is 0 Å². The van der Waals surface area contributed by atoms with Gasteiger partial charge in [-0.05, 0) is 56.4 Å². The van der Waals surface area contributed by atoms with E-state index in [0.717, 1.165) is 58.2 Å². The van der Waals surface area contributed by atoms with Crippen LogP contribution >= 0.6 is 0 Å². The van der Waals surface area contributed by atoms with Crippen molar-refractivity contribution in [1.29, 1.82) is 0 Å². The number of benzene rings is 1. The van der Waals surface area contributed by atoms with Crippen molar-refractivity contribution in [2.45, 2.75) is 83.5 Å². The number of carbonyl (C=O) groups excluding carboxylic acids is 1. The van der Waals surface area contributed by atoms with E-state index in [0.29, 0.717) is 23.9 Å². The number of aliphatic hydroxyl groups is 1. The molecule has 0 unspecified atom stereocenters. The summed E-state index contributed by atoms with van der Waals surface area (Å²) in [7, 11) is 0. The summed E-state index contributed by atoms with van der Waals surface area (Å²) in [6.45, 7) is 6.94. The third-order valence-electron chi connectivity index (χ3n) is 7.43. The van der Waals surface area contributed by atoms with Crippen molar-refractivity contribution >= 4 is 5.91 Å². The molecule has 4 heteroatoms. The molecule has 154 valence electrons. The van der Waals surface area contributed by atoms with Crippen LogP contribution in [0.15, 0.2) is 30.3 Å². The summed E-state index contributed by atoms with van der Waals surface area (Å²) in [4.78, 5) is 18.6. The Balaban J connectivity index is 1.56. The molecule has 0 spiro atoms. The minimum atomic E-state index is -0.231. The second-order valence-corrected chi connectivity index (χ2v) is 9.72. The SMILES string of the molecule is CC(C)CC[C@]1(C(=O)N2CCC(O)CC2)C[C@H]2CC[C@@H]1N2Cc1ccccc1. The lowest BCUT2D eigenvalue weighted by Crippen LogP contribution is -2.53. The number of likely N-dealkylation sites (tertiary alicyclic amines) is 1. The van der Waals surface area contributed by atoms with Crippen LogP contribution in [-0.2, 0) is 11.3 Å². The minimum Gasteiger partial charge on any atom is -0.393 e. The molecule has 3 atom stereocenters. The summed E-state index contributed by atoms with van der Waals surface area (Å²) in [5, 5.41) is 9.88. The molecule has 28 heavy (non-hydrogen) atoms. The molecule has 0 aliphatic carbocycles. The van der Waals surface area contributed by atoms with E-state index in [4.69, 9.17) is 0 Å². The number of amides is 1. The maximum Gasteiger partial charge on any atom is 0.230 e. The van der Waals surface area contributed by atoms with Crippen LogP contribution in [0.25, 0.3) is 0 Å². The van der Waals surface area contributed by atoms with Crippen molar-refractivity contribution in [2.24, 2.45) is 11.3 Å². The highest BCUT2D eigenvalue weighted by molar-refractivity contribution is 5.84. The molecule has 1 amide bonds. The monoisotopic (exact) mass is 384 g/mol. The molecule has 3 saturated heterocycles. The number of piperidine rings is 1. The van der Waals surface area contributed by atoms with Gasteiger partial charge in [-0.15, -0.1) is 0 Å². The summed E-state index contributed by atoms with van der Waals surface area (Å²) in [6.07, 6.45) is 6.76. The largest absolute Gasteiger partial charge is 0.393 e. The Hall–Kier alpha value is -1.39. The van der Waals surface area contributed by atoms with Crippen LogP contribution in [0.2, 0.25) is 0 Å². The molecule has 0 radical (unpaired) electrons. The number of hydrogen-bond acceptors (Lipinski definition) is 3. The Morgan fingerprint density at radius 1 is 1.14 bits per heavy atom. The van der Waals surface area contributed by atoms with E-state index in [-0.39, 0.29) is 11.5 Å². The Kier molecular flexibility index (Phi) is 5.80. The van der Waals surface area contributed by atoms with Gasteiger partial charge in [0.25, 0.3) is 0 Å². The Morgan fingerprint density at radius 3 is 2.54 bits per heavy atom. The Labute approximate surface area is 169 Å². The first kappa shape index (κ1) is 19.9. The van der Waals surface area contributed by atoms with Crippen molar-refractivity contribution < 1.29 is 9.90 Å². The van der Waals surface area contributed by atoms with E-state index in [2.05, 4.69) is 54.0 Å². The third kappa shape index (κ3) is 3.73. The maximum absolute atomic E-state index is 13.8. The summed E-state index contributed by atoms with van der Waals surface area (Å²) >= 11 is 0. The van der Waals surface area contributed by atoms with Gasteiger partial charge in [-0.3, -0.25) is 9.69 Å². The molecule has 3 aliphatic rings. The van der Waals surface area contributed by atoms with Crippen LogP contribution in [-0.4, -0.2) is 52.1 Å². The summed E-state index contributed by atoms with van der Waals surface area (Å²) in [6, 6.07) is 11.6. The van der Waals surface area contributed by atoms with Crippen molar-refractivity contribution in [3.05, 3.63) is 35.9 Å². The van der Waals surface area contributed by atoms with Crippen LogP contribution in [0.5, 0.6) is 0 Å². The number of fused-ring (bicyclic) bond motifs is 2. The predicted octanol–water partition coefficient (Wildman–Crippen LogP) is 3.83. The predicted molar refractivity (Wildman–Crippen MR) is 112 cm³/mol. The standard InChI is InChI=1S/C24H36N2O2/c1-18(2)10-13-24(23(28)25-14-11-21(27)12-15-25)16-20-8-9-22(24)26(20)17-19-6-4-3-5-7-19/h3-7,18,20-22,27H,8-17H2,1-2H3/t20-,22+,24+/m1/s1. The molecule has 3 fully saturated rings. The van der Waals surface area contributed by atoms with Crippen LogP contribution in [0.3, 0.4) is 0 Å². The lowest BCUT2D eigenvalue weighted by Gasteiger charge is -2.42. The van der Waals surface area contributed by atoms with Gasteiger partial charge in [0.2, 0.25) is 5.91 Å². The highest BCUT2D eigenvalue weighted by atomic mass is 16.3. The smallest absolute Gasteiger partial charge is 0.230 e. The zero-order valence-corrected chi connectivity index (χ0v) is 17.5. The molecule has 4 nitrogen and oxygen atoms in total. The van der Waals surface area contributed by atoms with Gasteiger partial charge in [-0.25, -0.2) is 0 Å². The van der Waals surface area contributed by atoms with Gasteiger partial charge < -0.3 is 10.0 Å². The lowest BCUT2D eigenvalue weighted by atomic mass is 9.68. The molecule has 3 aliphatic heterocycles. The molecular weight excluding hydrogens is 348 g/mol. The quantitative estimate of drug-likeness (QED) is 0.811. The highest BCUT2D eigenvalue weighted by Crippen LogP contribution is 2.54. The topological polar surface area (TPSA) is 43.8 Å². The van der Waals surface area contributed by atoms with E-state index in [1.54, 1.807) is 0 Å². The van der Waals surface area contributed by atoms with Gasteiger partial charge in [0.05, 0.1) is 11.5 Å². The van der Waals surface area contributed by atoms with Crippen molar-refractivity contribution in [2.75, 3.05) is 13.1 Å². The van der Waals surface area contributed by atoms with Crippen LogP contribution < -0.4 is 0 Å². The molecule has 0 saturated carbocycles. The highest BCUT2D eigenvalue weighted by Gasteiger charge is 2.60. The normalized spacial score (nSPS) is 31.1. The fourth-order valence-electron chi connectivity index (χ4n) is 5.87. The van der Waals surface area contributed by atoms with E-state index < -0.39 is 0 Å². The molecule has 1 aromatic carbocycles. The zero-order valence-electron chi connectivity index (χ0n) is 17.5. The number of aliphatic hydroxyl groups excluding tert-OH is 1. The second-order valence-electron chi connectivity index (χ2n) is 9.72. The number of hydrogen-bond donors (Lipinski definition) is 1. The first-order valence-corrected chi connectivity index (χ1v) is 11.3. The fourth-order valence-corrected chi connectivity index (χ4v) is 5.87. The molecule has 2 bridgehead atoms. The first-order chi connectivity index (χ1) is 13.5. The van der Waals surface area contributed by atoms with E-state index >= 15 is 0 Å². The van der Waals surface area contributed by atoms with E-state index in [1.165, 1.54) is 12.0 Å². The molecular formula is C24H36N2O2. The molecule has 0 aromatic heterocycles.